The molecule has 2 bridgehead atoms. The summed E-state index contributed by atoms with van der Waals surface area (Å²) in [5.41, 5.74) is -0.542. The highest BCUT2D eigenvalue weighted by atomic mass is 16.6. The van der Waals surface area contributed by atoms with Crippen LogP contribution in [0.4, 0.5) is 4.79 Å². The second-order valence-corrected chi connectivity index (χ2v) is 6.44. The summed E-state index contributed by atoms with van der Waals surface area (Å²) in [6, 6.07) is -0.0748. The molecular formula is C13H21NO5. The van der Waals surface area contributed by atoms with Gasteiger partial charge in [-0.05, 0) is 33.1 Å². The molecule has 3 aliphatic rings. The van der Waals surface area contributed by atoms with Crippen LogP contribution in [-0.4, -0.2) is 51.5 Å². The molecule has 6 nitrogen and oxygen atoms in total. The van der Waals surface area contributed by atoms with Crippen LogP contribution in [0.25, 0.3) is 0 Å². The molecule has 0 aromatic carbocycles. The number of rotatable bonds is 3. The Morgan fingerprint density at radius 3 is 2.58 bits per heavy atom. The van der Waals surface area contributed by atoms with Gasteiger partial charge in [0.25, 0.3) is 0 Å². The van der Waals surface area contributed by atoms with Gasteiger partial charge in [0, 0.05) is 18.5 Å². The lowest BCUT2D eigenvalue weighted by Gasteiger charge is -2.39. The van der Waals surface area contributed by atoms with Crippen LogP contribution in [0.3, 0.4) is 0 Å². The van der Waals surface area contributed by atoms with Crippen LogP contribution < -0.4 is 0 Å². The molecule has 0 spiro atoms. The molecule has 3 fully saturated rings. The van der Waals surface area contributed by atoms with E-state index in [1.165, 1.54) is 0 Å². The minimum atomic E-state index is -1.01. The number of hydrogen-bond acceptors (Lipinski definition) is 4. The van der Waals surface area contributed by atoms with Gasteiger partial charge >= 0.3 is 12.1 Å². The van der Waals surface area contributed by atoms with Gasteiger partial charge in [-0.2, -0.15) is 0 Å². The first kappa shape index (κ1) is 14.1. The molecule has 1 aliphatic carbocycles. The van der Waals surface area contributed by atoms with E-state index in [1.54, 1.807) is 4.90 Å². The van der Waals surface area contributed by atoms with E-state index in [-0.39, 0.29) is 30.4 Å². The van der Waals surface area contributed by atoms with Crippen molar-refractivity contribution < 1.29 is 24.5 Å². The Morgan fingerprint density at radius 2 is 2.05 bits per heavy atom. The summed E-state index contributed by atoms with van der Waals surface area (Å²) in [6.45, 7) is 5.98. The van der Waals surface area contributed by atoms with Crippen LogP contribution in [-0.2, 0) is 9.53 Å². The zero-order chi connectivity index (χ0) is 14.4. The molecular weight excluding hydrogens is 250 g/mol. The number of hydrogen-bond donors (Lipinski definition) is 2. The van der Waals surface area contributed by atoms with Crippen molar-refractivity contribution in [3.63, 3.8) is 0 Å². The first-order valence-electron chi connectivity index (χ1n) is 6.58. The van der Waals surface area contributed by atoms with Gasteiger partial charge in [-0.25, -0.2) is 4.79 Å². The number of amides is 1. The van der Waals surface area contributed by atoms with Gasteiger partial charge in [0.05, 0.1) is 12.5 Å². The lowest BCUT2D eigenvalue weighted by Crippen LogP contribution is -2.48. The minimum absolute atomic E-state index is 0.0748. The maximum absolute atomic E-state index is 12.0. The molecule has 6 heteroatoms. The second-order valence-electron chi connectivity index (χ2n) is 6.44. The maximum Gasteiger partial charge on any atom is 0.410 e. The summed E-state index contributed by atoms with van der Waals surface area (Å²) in [5, 5.41) is 18.6. The molecule has 108 valence electrons. The molecule has 3 rings (SSSR count). The van der Waals surface area contributed by atoms with E-state index in [1.807, 2.05) is 20.8 Å². The number of carboxylic acid groups (broad SMARTS) is 1. The van der Waals surface area contributed by atoms with Gasteiger partial charge in [0.1, 0.15) is 5.60 Å². The fourth-order valence-corrected chi connectivity index (χ4v) is 3.08. The molecule has 2 heterocycles. The van der Waals surface area contributed by atoms with E-state index >= 15 is 0 Å². The van der Waals surface area contributed by atoms with E-state index in [0.717, 1.165) is 6.42 Å². The highest BCUT2D eigenvalue weighted by Crippen LogP contribution is 2.48. The number of nitrogens with zero attached hydrogens (tertiary/aromatic N) is 1. The van der Waals surface area contributed by atoms with Crippen molar-refractivity contribution in [3.8, 4) is 0 Å². The third kappa shape index (κ3) is 2.83. The summed E-state index contributed by atoms with van der Waals surface area (Å²) in [4.78, 5) is 24.3. The third-order valence-corrected chi connectivity index (χ3v) is 3.82. The normalized spacial score (nSPS) is 30.7. The summed E-state index contributed by atoms with van der Waals surface area (Å²) < 4.78 is 5.32. The van der Waals surface area contributed by atoms with E-state index in [0.29, 0.717) is 6.54 Å². The number of aliphatic hydroxyl groups is 1. The molecule has 0 aromatic heterocycles. The highest BCUT2D eigenvalue weighted by Gasteiger charge is 2.57. The van der Waals surface area contributed by atoms with Crippen LogP contribution in [0, 0.1) is 11.8 Å². The predicted molar refractivity (Wildman–Crippen MR) is 66.6 cm³/mol. The highest BCUT2D eigenvalue weighted by molar-refractivity contribution is 5.70. The number of carboxylic acids is 1. The number of carbonyl (C=O) groups excluding carboxylic acids is 1. The van der Waals surface area contributed by atoms with Crippen molar-refractivity contribution in [1.82, 2.24) is 4.90 Å². The monoisotopic (exact) mass is 271 g/mol. The average molecular weight is 271 g/mol. The topological polar surface area (TPSA) is 87.1 Å². The number of aliphatic carboxylic acids is 1. The Bertz CT molecular complexity index is 389. The molecule has 0 aromatic rings. The summed E-state index contributed by atoms with van der Waals surface area (Å²) in [7, 11) is 0. The SMILES string of the molecule is CC(C)(C)OC(=O)N1C[C@@H]2C[C@H]1C2[C@H](O)CC(=O)O. The molecule has 1 saturated carbocycles. The van der Waals surface area contributed by atoms with Crippen LogP contribution in [0.2, 0.25) is 0 Å². The third-order valence-electron chi connectivity index (χ3n) is 3.82. The van der Waals surface area contributed by atoms with Crippen molar-refractivity contribution in [2.24, 2.45) is 11.8 Å². The summed E-state index contributed by atoms with van der Waals surface area (Å²) in [5.74, 6) is -0.932. The average Bonchev–Trinajstić information content (AvgIpc) is 2.69. The molecule has 1 amide bonds. The van der Waals surface area contributed by atoms with E-state index in [4.69, 9.17) is 9.84 Å². The molecule has 4 atom stereocenters. The van der Waals surface area contributed by atoms with Crippen LogP contribution in [0.15, 0.2) is 0 Å². The standard InChI is InChI=1S/C13H21NO5/c1-13(2,3)19-12(18)14-6-7-4-8(14)11(7)9(15)5-10(16)17/h7-9,11,15H,4-6H2,1-3H3,(H,16,17)/t7-,8-,9+,11?/m0/s1. The maximum atomic E-state index is 12.0. The molecule has 2 saturated heterocycles. The van der Waals surface area contributed by atoms with Crippen molar-refractivity contribution in [2.75, 3.05) is 6.54 Å². The summed E-state index contributed by atoms with van der Waals surface area (Å²) >= 11 is 0. The fraction of sp³-hybridized carbons (Fsp3) is 0.846. The zero-order valence-electron chi connectivity index (χ0n) is 11.5. The minimum Gasteiger partial charge on any atom is -0.481 e. The van der Waals surface area contributed by atoms with Crippen molar-refractivity contribution in [2.45, 2.75) is 51.4 Å². The van der Waals surface area contributed by atoms with Crippen molar-refractivity contribution in [3.05, 3.63) is 0 Å². The first-order valence-corrected chi connectivity index (χ1v) is 6.58. The molecule has 0 radical (unpaired) electrons. The lowest BCUT2D eigenvalue weighted by molar-refractivity contribution is -0.141. The Kier molecular flexibility index (Phi) is 3.47. The number of fused-ring (bicyclic) bond motifs is 1. The molecule has 1 unspecified atom stereocenters. The van der Waals surface area contributed by atoms with Gasteiger partial charge in [-0.1, -0.05) is 0 Å². The number of carbonyl (C=O) groups is 2. The van der Waals surface area contributed by atoms with Crippen molar-refractivity contribution >= 4 is 12.1 Å². The predicted octanol–water partition coefficient (Wildman–Crippen LogP) is 1.08. The van der Waals surface area contributed by atoms with Crippen molar-refractivity contribution in [1.29, 1.82) is 0 Å². The Labute approximate surface area is 112 Å². The smallest absolute Gasteiger partial charge is 0.410 e. The van der Waals surface area contributed by atoms with Gasteiger partial charge in [-0.3, -0.25) is 4.79 Å². The zero-order valence-corrected chi connectivity index (χ0v) is 11.5. The van der Waals surface area contributed by atoms with Crippen LogP contribution in [0.1, 0.15) is 33.6 Å². The molecule has 19 heavy (non-hydrogen) atoms. The Hall–Kier alpha value is -1.30. The van der Waals surface area contributed by atoms with Crippen LogP contribution >= 0.6 is 0 Å². The van der Waals surface area contributed by atoms with Gasteiger partial charge in [0.15, 0.2) is 0 Å². The quantitative estimate of drug-likeness (QED) is 0.802. The van der Waals surface area contributed by atoms with E-state index in [2.05, 4.69) is 0 Å². The Morgan fingerprint density at radius 1 is 1.42 bits per heavy atom. The summed E-state index contributed by atoms with van der Waals surface area (Å²) in [6.07, 6.45) is -0.681. The van der Waals surface area contributed by atoms with Gasteiger partial charge in [0.2, 0.25) is 0 Å². The fourth-order valence-electron chi connectivity index (χ4n) is 3.08. The van der Waals surface area contributed by atoms with E-state index in [9.17, 15) is 14.7 Å². The molecule has 2 aliphatic heterocycles. The van der Waals surface area contributed by atoms with Gasteiger partial charge < -0.3 is 19.8 Å². The largest absolute Gasteiger partial charge is 0.481 e. The number of ether oxygens (including phenoxy) is 1. The van der Waals surface area contributed by atoms with Gasteiger partial charge in [-0.15, -0.1) is 0 Å². The second kappa shape index (κ2) is 4.67. The Balaban J connectivity index is 1.95. The first-order chi connectivity index (χ1) is 8.69. The number of aliphatic hydroxyl groups excluding tert-OH is 1. The molecule has 2 N–H and O–H groups in total. The van der Waals surface area contributed by atoms with Crippen LogP contribution in [0.5, 0.6) is 0 Å². The van der Waals surface area contributed by atoms with E-state index < -0.39 is 17.7 Å². The lowest BCUT2D eigenvalue weighted by atomic mass is 9.70.